The van der Waals surface area contributed by atoms with Crippen LogP contribution >= 0.6 is 0 Å². The van der Waals surface area contributed by atoms with E-state index in [1.165, 1.54) is 11.8 Å². The fourth-order valence-electron chi connectivity index (χ4n) is 4.24. The molecular formula is C28H41N9O3. The molecule has 2 aromatic rings. The van der Waals surface area contributed by atoms with E-state index in [1.54, 1.807) is 5.48 Å². The molecule has 40 heavy (non-hydrogen) atoms. The molecule has 0 radical (unpaired) electrons. The SMILES string of the molecule is C=Nc1c(N(C)CCN(C)C2=NCC(C(=O)NO)C=N2)nc(-c2ccc(CC)cc2)nc1N1CCOCC1.CC. The van der Waals surface area contributed by atoms with Crippen LogP contribution in [0.25, 0.3) is 11.4 Å². The van der Waals surface area contributed by atoms with Crippen LogP contribution in [0, 0.1) is 5.92 Å². The van der Waals surface area contributed by atoms with Crippen molar-refractivity contribution in [3.05, 3.63) is 29.8 Å². The molecule has 1 saturated heterocycles. The van der Waals surface area contributed by atoms with Gasteiger partial charge in [-0.05, 0) is 18.7 Å². The molecular weight excluding hydrogens is 510 g/mol. The first-order valence-corrected chi connectivity index (χ1v) is 13.7. The smallest absolute Gasteiger partial charge is 0.253 e. The number of anilines is 2. The zero-order valence-electron chi connectivity index (χ0n) is 24.2. The quantitative estimate of drug-likeness (QED) is 0.276. The molecule has 1 unspecified atom stereocenters. The molecule has 1 aromatic carbocycles. The molecule has 1 aromatic heterocycles. The highest BCUT2D eigenvalue weighted by atomic mass is 16.5. The van der Waals surface area contributed by atoms with Gasteiger partial charge >= 0.3 is 0 Å². The normalized spacial score (nSPS) is 16.4. The van der Waals surface area contributed by atoms with Crippen LogP contribution in [0.3, 0.4) is 0 Å². The number of morpholine rings is 1. The highest BCUT2D eigenvalue weighted by Crippen LogP contribution is 2.37. The van der Waals surface area contributed by atoms with Crippen LogP contribution in [0.5, 0.6) is 0 Å². The van der Waals surface area contributed by atoms with Gasteiger partial charge in [0.2, 0.25) is 5.96 Å². The summed E-state index contributed by atoms with van der Waals surface area (Å²) in [6, 6.07) is 8.31. The van der Waals surface area contributed by atoms with Crippen molar-refractivity contribution in [3.63, 3.8) is 0 Å². The Morgan fingerprint density at radius 3 is 2.40 bits per heavy atom. The van der Waals surface area contributed by atoms with Gasteiger partial charge in [-0.3, -0.25) is 15.0 Å². The Bertz CT molecular complexity index is 1190. The third kappa shape index (κ3) is 7.39. The molecule has 2 N–H and O–H groups in total. The van der Waals surface area contributed by atoms with Gasteiger partial charge < -0.3 is 19.4 Å². The first-order chi connectivity index (χ1) is 19.4. The number of hydrogen-bond donors (Lipinski definition) is 2. The van der Waals surface area contributed by atoms with Crippen LogP contribution in [0.4, 0.5) is 17.3 Å². The number of aliphatic imine (C=N–C) groups is 3. The number of benzene rings is 1. The number of aromatic nitrogens is 2. The molecule has 216 valence electrons. The van der Waals surface area contributed by atoms with E-state index >= 15 is 0 Å². The third-order valence-corrected chi connectivity index (χ3v) is 6.66. The average Bonchev–Trinajstić information content (AvgIpc) is 3.03. The molecule has 0 bridgehead atoms. The van der Waals surface area contributed by atoms with E-state index in [9.17, 15) is 4.79 Å². The molecule has 1 fully saturated rings. The third-order valence-electron chi connectivity index (χ3n) is 6.66. The maximum atomic E-state index is 11.6. The predicted molar refractivity (Wildman–Crippen MR) is 161 cm³/mol. The summed E-state index contributed by atoms with van der Waals surface area (Å²) in [5.74, 6) is 1.49. The average molecular weight is 552 g/mol. The van der Waals surface area contributed by atoms with E-state index in [4.69, 9.17) is 19.9 Å². The van der Waals surface area contributed by atoms with Gasteiger partial charge in [0.1, 0.15) is 5.69 Å². The topological polar surface area (TPSA) is 131 Å². The van der Waals surface area contributed by atoms with Crippen LogP contribution in [-0.4, -0.2) is 105 Å². The molecule has 12 heteroatoms. The highest BCUT2D eigenvalue weighted by Gasteiger charge is 2.24. The Kier molecular flexibility index (Phi) is 11.5. The second-order valence-corrected chi connectivity index (χ2v) is 9.20. The van der Waals surface area contributed by atoms with Crippen LogP contribution < -0.4 is 15.3 Å². The number of nitrogens with one attached hydrogen (secondary N) is 1. The lowest BCUT2D eigenvalue weighted by molar-refractivity contribution is -0.130. The zero-order valence-corrected chi connectivity index (χ0v) is 24.2. The second kappa shape index (κ2) is 15.0. The summed E-state index contributed by atoms with van der Waals surface area (Å²) in [5, 5.41) is 8.82. The van der Waals surface area contributed by atoms with E-state index in [0.29, 0.717) is 62.7 Å². The molecule has 2 aliphatic heterocycles. The van der Waals surface area contributed by atoms with Crippen molar-refractivity contribution in [1.29, 1.82) is 0 Å². The van der Waals surface area contributed by atoms with Crippen molar-refractivity contribution >= 4 is 42.1 Å². The molecule has 0 spiro atoms. The summed E-state index contributed by atoms with van der Waals surface area (Å²) in [4.78, 5) is 40.6. The standard InChI is InChI=1S/C26H35N9O3.C2H6/c1-5-18-6-8-19(9-7-18)22-30-23(21(27-2)24(31-22)35-12-14-38-15-13-35)33(3)10-11-34(4)26-28-16-20(17-29-26)25(36)32-37;1-2/h6-9,16,20,37H,2,5,10-15,17H2,1,3-4H3,(H,32,36);1-2H3. The summed E-state index contributed by atoms with van der Waals surface area (Å²) in [6.45, 7) is 14.1. The number of carbonyl (C=O) groups excluding carboxylic acids is 1. The molecule has 1 amide bonds. The minimum Gasteiger partial charge on any atom is -0.378 e. The van der Waals surface area contributed by atoms with Crippen LogP contribution in [0.1, 0.15) is 26.3 Å². The van der Waals surface area contributed by atoms with E-state index in [2.05, 4.69) is 57.8 Å². The number of ether oxygens (including phenoxy) is 1. The first-order valence-electron chi connectivity index (χ1n) is 13.7. The fourth-order valence-corrected chi connectivity index (χ4v) is 4.24. The molecule has 1 atom stereocenters. The van der Waals surface area contributed by atoms with Gasteiger partial charge in [0.05, 0.1) is 25.7 Å². The number of rotatable bonds is 9. The number of aryl methyl sites for hydroxylation is 1. The van der Waals surface area contributed by atoms with Crippen molar-refractivity contribution in [2.75, 3.05) is 69.8 Å². The molecule has 12 nitrogen and oxygen atoms in total. The van der Waals surface area contributed by atoms with Gasteiger partial charge in [-0.2, -0.15) is 0 Å². The Morgan fingerprint density at radius 2 is 1.82 bits per heavy atom. The Hall–Kier alpha value is -3.90. The highest BCUT2D eigenvalue weighted by molar-refractivity contribution is 6.00. The summed E-state index contributed by atoms with van der Waals surface area (Å²) >= 11 is 0. The van der Waals surface area contributed by atoms with E-state index < -0.39 is 11.8 Å². The van der Waals surface area contributed by atoms with E-state index in [-0.39, 0.29) is 6.54 Å². The molecule has 4 rings (SSSR count). The number of guanidine groups is 1. The Labute approximate surface area is 236 Å². The number of carbonyl (C=O) groups is 1. The van der Waals surface area contributed by atoms with Crippen molar-refractivity contribution in [3.8, 4) is 11.4 Å². The molecule has 2 aliphatic rings. The molecule has 3 heterocycles. The maximum Gasteiger partial charge on any atom is 0.253 e. The summed E-state index contributed by atoms with van der Waals surface area (Å²) in [6.07, 6.45) is 2.47. The molecule has 0 saturated carbocycles. The lowest BCUT2D eigenvalue weighted by atomic mass is 10.1. The van der Waals surface area contributed by atoms with Crippen LogP contribution in [0.15, 0.2) is 39.2 Å². The number of amides is 1. The van der Waals surface area contributed by atoms with Crippen molar-refractivity contribution < 1.29 is 14.7 Å². The van der Waals surface area contributed by atoms with Gasteiger partial charge in [0.15, 0.2) is 17.5 Å². The number of hydroxylamine groups is 1. The van der Waals surface area contributed by atoms with Crippen molar-refractivity contribution in [2.24, 2.45) is 20.9 Å². The van der Waals surface area contributed by atoms with Crippen LogP contribution in [0.2, 0.25) is 0 Å². The van der Waals surface area contributed by atoms with Crippen LogP contribution in [-0.2, 0) is 16.0 Å². The fraction of sp³-hybridized carbons (Fsp3) is 0.500. The number of hydrogen-bond acceptors (Lipinski definition) is 11. The largest absolute Gasteiger partial charge is 0.378 e. The first kappa shape index (κ1) is 30.6. The lowest BCUT2D eigenvalue weighted by Gasteiger charge is -2.31. The summed E-state index contributed by atoms with van der Waals surface area (Å²) in [7, 11) is 3.86. The Balaban J connectivity index is 0.00000216. The predicted octanol–water partition coefficient (Wildman–Crippen LogP) is 2.83. The van der Waals surface area contributed by atoms with Gasteiger partial charge in [0.25, 0.3) is 5.91 Å². The number of nitrogens with zero attached hydrogens (tertiary/aromatic N) is 8. The maximum absolute atomic E-state index is 11.6. The summed E-state index contributed by atoms with van der Waals surface area (Å²) in [5.41, 5.74) is 4.47. The van der Waals surface area contributed by atoms with E-state index in [0.717, 1.165) is 17.8 Å². The van der Waals surface area contributed by atoms with E-state index in [1.807, 2.05) is 37.7 Å². The van der Waals surface area contributed by atoms with Gasteiger partial charge in [-0.1, -0.05) is 45.0 Å². The Morgan fingerprint density at radius 1 is 1.15 bits per heavy atom. The van der Waals surface area contributed by atoms with Gasteiger partial charge in [-0.15, -0.1) is 0 Å². The zero-order chi connectivity index (χ0) is 29.1. The lowest BCUT2D eigenvalue weighted by Crippen LogP contribution is -2.39. The number of likely N-dealkylation sites (N-methyl/N-ethyl adjacent to an activating group) is 2. The second-order valence-electron chi connectivity index (χ2n) is 9.20. The van der Waals surface area contributed by atoms with Gasteiger partial charge in [-0.25, -0.2) is 25.4 Å². The van der Waals surface area contributed by atoms with Crippen molar-refractivity contribution in [1.82, 2.24) is 20.3 Å². The monoisotopic (exact) mass is 551 g/mol. The van der Waals surface area contributed by atoms with Crippen molar-refractivity contribution in [2.45, 2.75) is 27.2 Å². The summed E-state index contributed by atoms with van der Waals surface area (Å²) < 4.78 is 5.56. The minimum atomic E-state index is -0.578. The minimum absolute atomic E-state index is 0.227. The molecule has 0 aliphatic carbocycles. The van der Waals surface area contributed by atoms with Gasteiger partial charge in [0, 0.05) is 52.1 Å².